The fourth-order valence-electron chi connectivity index (χ4n) is 1.79. The molecule has 1 aromatic carbocycles. The number of nitrogens with zero attached hydrogens (tertiary/aromatic N) is 3. The van der Waals surface area contributed by atoms with Crippen LogP contribution in [-0.2, 0) is 0 Å². The molecule has 0 radical (unpaired) electrons. The molecule has 0 bridgehead atoms. The highest BCUT2D eigenvalue weighted by Crippen LogP contribution is 2.27. The van der Waals surface area contributed by atoms with E-state index in [0.29, 0.717) is 11.3 Å². The van der Waals surface area contributed by atoms with Crippen molar-refractivity contribution in [3.63, 3.8) is 0 Å². The number of aromatic nitrogens is 1. The Morgan fingerprint density at radius 3 is 2.58 bits per heavy atom. The van der Waals surface area contributed by atoms with Gasteiger partial charge in [-0.3, -0.25) is 0 Å². The average Bonchev–Trinajstić information content (AvgIpc) is 2.46. The smallest absolute Gasteiger partial charge is 0.151 e. The van der Waals surface area contributed by atoms with E-state index in [1.165, 1.54) is 18.3 Å². The van der Waals surface area contributed by atoms with Crippen molar-refractivity contribution in [1.29, 1.82) is 10.7 Å². The molecule has 0 atom stereocenters. The van der Waals surface area contributed by atoms with Crippen molar-refractivity contribution in [3.05, 3.63) is 53.6 Å². The van der Waals surface area contributed by atoms with E-state index in [1.54, 1.807) is 30.1 Å². The fraction of sp³-hybridized carbons (Fsp3) is 0.0714. The van der Waals surface area contributed by atoms with Gasteiger partial charge in [-0.25, -0.2) is 9.37 Å². The number of halogens is 1. The van der Waals surface area contributed by atoms with Crippen LogP contribution in [0.5, 0.6) is 0 Å². The molecule has 0 spiro atoms. The summed E-state index contributed by atoms with van der Waals surface area (Å²) >= 11 is 0. The van der Waals surface area contributed by atoms with Gasteiger partial charge in [-0.1, -0.05) is 0 Å². The maximum Gasteiger partial charge on any atom is 0.151 e. The lowest BCUT2D eigenvalue weighted by molar-refractivity contribution is 0.628. The largest absolute Gasteiger partial charge is 0.344 e. The van der Waals surface area contributed by atoms with Gasteiger partial charge in [0.25, 0.3) is 0 Å². The van der Waals surface area contributed by atoms with Crippen LogP contribution in [0, 0.1) is 22.6 Å². The van der Waals surface area contributed by atoms with Crippen LogP contribution in [0.25, 0.3) is 0 Å². The average molecular weight is 254 g/mol. The summed E-state index contributed by atoms with van der Waals surface area (Å²) in [5.74, 6) is -0.308. The topological polar surface area (TPSA) is 63.8 Å². The molecule has 0 unspecified atom stereocenters. The molecule has 19 heavy (non-hydrogen) atoms. The molecule has 1 aromatic heterocycles. The van der Waals surface area contributed by atoms with Crippen LogP contribution in [0.4, 0.5) is 15.8 Å². The zero-order valence-electron chi connectivity index (χ0n) is 10.3. The third kappa shape index (κ3) is 2.43. The van der Waals surface area contributed by atoms with E-state index in [9.17, 15) is 4.39 Å². The Balaban J connectivity index is 2.50. The van der Waals surface area contributed by atoms with Crippen LogP contribution in [0.1, 0.15) is 11.3 Å². The summed E-state index contributed by atoms with van der Waals surface area (Å²) in [7, 11) is 1.79. The molecule has 5 heteroatoms. The number of nitriles is 1. The first-order valence-corrected chi connectivity index (χ1v) is 5.56. The summed E-state index contributed by atoms with van der Waals surface area (Å²) in [6.07, 6.45) is 2.61. The molecule has 0 aliphatic carbocycles. The predicted molar refractivity (Wildman–Crippen MR) is 71.3 cm³/mol. The minimum absolute atomic E-state index is 0.196. The molecule has 2 rings (SSSR count). The third-order valence-electron chi connectivity index (χ3n) is 2.79. The highest BCUT2D eigenvalue weighted by Gasteiger charge is 2.12. The molecular formula is C14H11FN4. The van der Waals surface area contributed by atoms with E-state index >= 15 is 0 Å². The minimum atomic E-state index is -0.308. The Morgan fingerprint density at radius 2 is 2.00 bits per heavy atom. The van der Waals surface area contributed by atoms with Gasteiger partial charge in [-0.2, -0.15) is 5.26 Å². The molecule has 94 valence electrons. The van der Waals surface area contributed by atoms with Crippen LogP contribution in [0.15, 0.2) is 36.5 Å². The van der Waals surface area contributed by atoms with Gasteiger partial charge in [0.05, 0.1) is 11.3 Å². The quantitative estimate of drug-likeness (QED) is 0.856. The van der Waals surface area contributed by atoms with Gasteiger partial charge < -0.3 is 10.3 Å². The molecule has 2 aromatic rings. The second kappa shape index (κ2) is 5.27. The normalized spacial score (nSPS) is 9.74. The standard InChI is InChI=1S/C14H11FN4/c1-19(11-4-2-10(15)3-5-11)14-6-7-18-13(9-17)12(14)8-16/h2-8,16H,1H3. The fourth-order valence-corrected chi connectivity index (χ4v) is 1.79. The maximum absolute atomic E-state index is 12.9. The first-order chi connectivity index (χ1) is 9.17. The van der Waals surface area contributed by atoms with Gasteiger partial charge in [-0.15, -0.1) is 0 Å². The molecule has 0 aliphatic heterocycles. The van der Waals surface area contributed by atoms with Crippen molar-refractivity contribution in [1.82, 2.24) is 4.98 Å². The Bertz CT molecular complexity index is 643. The van der Waals surface area contributed by atoms with Gasteiger partial charge >= 0.3 is 0 Å². The number of hydrogen-bond donors (Lipinski definition) is 1. The molecule has 0 saturated carbocycles. The van der Waals surface area contributed by atoms with Gasteiger partial charge in [0.2, 0.25) is 0 Å². The van der Waals surface area contributed by atoms with Gasteiger partial charge in [0.1, 0.15) is 11.9 Å². The first-order valence-electron chi connectivity index (χ1n) is 5.56. The second-order valence-corrected chi connectivity index (χ2v) is 3.88. The molecule has 4 nitrogen and oxygen atoms in total. The summed E-state index contributed by atoms with van der Waals surface area (Å²) < 4.78 is 12.9. The van der Waals surface area contributed by atoms with E-state index in [-0.39, 0.29) is 11.5 Å². The van der Waals surface area contributed by atoms with Crippen LogP contribution in [0.3, 0.4) is 0 Å². The van der Waals surface area contributed by atoms with Crippen molar-refractivity contribution in [2.24, 2.45) is 0 Å². The van der Waals surface area contributed by atoms with Gasteiger partial charge in [0, 0.05) is 25.1 Å². The van der Waals surface area contributed by atoms with E-state index in [4.69, 9.17) is 10.7 Å². The summed E-state index contributed by atoms with van der Waals surface area (Å²) in [5, 5.41) is 16.4. The molecular weight excluding hydrogens is 243 g/mol. The number of pyridine rings is 1. The third-order valence-corrected chi connectivity index (χ3v) is 2.79. The van der Waals surface area contributed by atoms with E-state index in [1.807, 2.05) is 6.07 Å². The Morgan fingerprint density at radius 1 is 1.32 bits per heavy atom. The number of anilines is 2. The van der Waals surface area contributed by atoms with E-state index < -0.39 is 0 Å². The van der Waals surface area contributed by atoms with Crippen molar-refractivity contribution in [2.75, 3.05) is 11.9 Å². The van der Waals surface area contributed by atoms with Gasteiger partial charge in [-0.05, 0) is 30.3 Å². The lowest BCUT2D eigenvalue weighted by Crippen LogP contribution is -2.13. The van der Waals surface area contributed by atoms with E-state index in [0.717, 1.165) is 11.9 Å². The van der Waals surface area contributed by atoms with Crippen LogP contribution in [-0.4, -0.2) is 18.2 Å². The van der Waals surface area contributed by atoms with Crippen molar-refractivity contribution in [2.45, 2.75) is 0 Å². The zero-order valence-corrected chi connectivity index (χ0v) is 10.3. The van der Waals surface area contributed by atoms with Crippen molar-refractivity contribution in [3.8, 4) is 6.07 Å². The summed E-state index contributed by atoms with van der Waals surface area (Å²) in [5.41, 5.74) is 2.08. The van der Waals surface area contributed by atoms with Crippen LogP contribution in [0.2, 0.25) is 0 Å². The summed E-state index contributed by atoms with van der Waals surface area (Å²) in [6.45, 7) is 0. The number of nitrogens with one attached hydrogen (secondary N) is 1. The van der Waals surface area contributed by atoms with Crippen molar-refractivity contribution < 1.29 is 4.39 Å². The lowest BCUT2D eigenvalue weighted by Gasteiger charge is -2.21. The highest BCUT2D eigenvalue weighted by atomic mass is 19.1. The Hall–Kier alpha value is -2.74. The summed E-state index contributed by atoms with van der Waals surface area (Å²) in [4.78, 5) is 5.70. The number of hydrogen-bond acceptors (Lipinski definition) is 4. The highest BCUT2D eigenvalue weighted by molar-refractivity contribution is 5.90. The van der Waals surface area contributed by atoms with Crippen LogP contribution < -0.4 is 4.90 Å². The molecule has 1 heterocycles. The molecule has 0 fully saturated rings. The lowest BCUT2D eigenvalue weighted by atomic mass is 10.1. The SMILES string of the molecule is CN(c1ccc(F)cc1)c1ccnc(C#N)c1C=N. The van der Waals surface area contributed by atoms with Crippen LogP contribution >= 0.6 is 0 Å². The molecule has 0 saturated heterocycles. The monoisotopic (exact) mass is 254 g/mol. The number of benzene rings is 1. The summed E-state index contributed by atoms with van der Waals surface area (Å²) in [6, 6.07) is 9.66. The number of rotatable bonds is 3. The Kier molecular flexibility index (Phi) is 3.53. The van der Waals surface area contributed by atoms with E-state index in [2.05, 4.69) is 4.98 Å². The van der Waals surface area contributed by atoms with Crippen molar-refractivity contribution >= 4 is 17.6 Å². The zero-order chi connectivity index (χ0) is 13.8. The Labute approximate surface area is 110 Å². The molecule has 0 amide bonds. The predicted octanol–water partition coefficient (Wildman–Crippen LogP) is 2.86. The first kappa shape index (κ1) is 12.7. The molecule has 1 N–H and O–H groups in total. The van der Waals surface area contributed by atoms with Gasteiger partial charge in [0.15, 0.2) is 5.69 Å². The molecule has 0 aliphatic rings. The maximum atomic E-state index is 12.9. The minimum Gasteiger partial charge on any atom is -0.344 e. The second-order valence-electron chi connectivity index (χ2n) is 3.88.